The molecular weight excluding hydrogens is 398 g/mol. The summed E-state index contributed by atoms with van der Waals surface area (Å²) < 4.78 is 0. The molecule has 0 radical (unpaired) electrons. The summed E-state index contributed by atoms with van der Waals surface area (Å²) in [4.78, 5) is 15.5. The lowest BCUT2D eigenvalue weighted by Gasteiger charge is -2.37. The predicted molar refractivity (Wildman–Crippen MR) is 122 cm³/mol. The van der Waals surface area contributed by atoms with Gasteiger partial charge >= 0.3 is 0 Å². The third kappa shape index (κ3) is 5.39. The van der Waals surface area contributed by atoms with Crippen LogP contribution in [0.3, 0.4) is 0 Å². The molecule has 3 rings (SSSR count). The Hall–Kier alpha value is -1.95. The van der Waals surface area contributed by atoms with Crippen LogP contribution >= 0.6 is 11.6 Å². The van der Waals surface area contributed by atoms with E-state index in [-0.39, 0.29) is 17.9 Å². The van der Waals surface area contributed by atoms with Gasteiger partial charge in [-0.15, -0.1) is 0 Å². The van der Waals surface area contributed by atoms with Crippen molar-refractivity contribution in [1.82, 2.24) is 10.2 Å². The molecule has 1 atom stereocenters. The molecule has 0 aromatic heterocycles. The standard InChI is InChI=1S/C24H32ClN3O2/c1-2-20(25)16-21(26)17-28-14-12-22(13-15-28)27-23(29)24(30,19-10-6-7-11-19)18-8-4-3-5-9-18/h2-5,8-9,16,19,22,26,30H,1,6-7,10-15,17H2,(H,27,29)/b20-16+,26-21?. The lowest BCUT2D eigenvalue weighted by molar-refractivity contribution is -0.148. The number of benzene rings is 1. The Labute approximate surface area is 184 Å². The molecule has 1 saturated heterocycles. The van der Waals surface area contributed by atoms with Crippen molar-refractivity contribution >= 4 is 23.2 Å². The summed E-state index contributed by atoms with van der Waals surface area (Å²) in [6.07, 6.45) is 8.60. The average molecular weight is 430 g/mol. The summed E-state index contributed by atoms with van der Waals surface area (Å²) in [5.41, 5.74) is -0.336. The van der Waals surface area contributed by atoms with E-state index in [4.69, 9.17) is 17.0 Å². The molecule has 1 unspecified atom stereocenters. The summed E-state index contributed by atoms with van der Waals surface area (Å²) in [5, 5.41) is 23.2. The number of halogens is 1. The topological polar surface area (TPSA) is 76.4 Å². The van der Waals surface area contributed by atoms with Gasteiger partial charge in [0.1, 0.15) is 0 Å². The highest BCUT2D eigenvalue weighted by atomic mass is 35.5. The van der Waals surface area contributed by atoms with E-state index < -0.39 is 5.60 Å². The van der Waals surface area contributed by atoms with Crippen LogP contribution in [0.2, 0.25) is 0 Å². The number of likely N-dealkylation sites (tertiary alicyclic amines) is 1. The van der Waals surface area contributed by atoms with E-state index in [9.17, 15) is 9.90 Å². The Kier molecular flexibility index (Phi) is 7.87. The monoisotopic (exact) mass is 429 g/mol. The zero-order chi connectivity index (χ0) is 21.6. The van der Waals surface area contributed by atoms with E-state index in [1.54, 1.807) is 6.08 Å². The highest BCUT2D eigenvalue weighted by Gasteiger charge is 2.46. The van der Waals surface area contributed by atoms with E-state index in [1.807, 2.05) is 30.3 Å². The van der Waals surface area contributed by atoms with Crippen molar-refractivity contribution in [2.45, 2.75) is 50.2 Å². The molecule has 2 fully saturated rings. The van der Waals surface area contributed by atoms with E-state index in [0.717, 1.165) is 51.6 Å². The molecule has 5 nitrogen and oxygen atoms in total. The number of nitrogens with one attached hydrogen (secondary N) is 2. The van der Waals surface area contributed by atoms with Crippen molar-refractivity contribution in [3.63, 3.8) is 0 Å². The first-order chi connectivity index (χ1) is 14.4. The van der Waals surface area contributed by atoms with Crippen LogP contribution in [-0.4, -0.2) is 47.3 Å². The normalized spacial score (nSPS) is 21.2. The smallest absolute Gasteiger partial charge is 0.257 e. The molecule has 0 bridgehead atoms. The Bertz CT molecular complexity index is 781. The van der Waals surface area contributed by atoms with Crippen molar-refractivity contribution in [3.8, 4) is 0 Å². The Morgan fingerprint density at radius 3 is 2.47 bits per heavy atom. The van der Waals surface area contributed by atoms with E-state index >= 15 is 0 Å². The third-order valence-corrected chi connectivity index (χ3v) is 6.59. The Balaban J connectivity index is 1.60. The summed E-state index contributed by atoms with van der Waals surface area (Å²) >= 11 is 5.92. The average Bonchev–Trinajstić information content (AvgIpc) is 3.30. The molecular formula is C24H32ClN3O2. The molecule has 1 aromatic rings. The molecule has 1 saturated carbocycles. The number of nitrogens with zero attached hydrogens (tertiary/aromatic N) is 1. The Morgan fingerprint density at radius 1 is 1.23 bits per heavy atom. The van der Waals surface area contributed by atoms with Crippen LogP contribution in [0.5, 0.6) is 0 Å². The molecule has 3 N–H and O–H groups in total. The number of amides is 1. The first-order valence-electron chi connectivity index (χ1n) is 10.8. The van der Waals surface area contributed by atoms with Gasteiger partial charge in [0.2, 0.25) is 0 Å². The number of carbonyl (C=O) groups is 1. The van der Waals surface area contributed by atoms with Crippen LogP contribution < -0.4 is 5.32 Å². The van der Waals surface area contributed by atoms with Gasteiger partial charge in [0.05, 0.1) is 0 Å². The van der Waals surface area contributed by atoms with Gasteiger partial charge in [-0.3, -0.25) is 9.69 Å². The minimum Gasteiger partial charge on any atom is -0.375 e. The van der Waals surface area contributed by atoms with Crippen molar-refractivity contribution in [2.75, 3.05) is 19.6 Å². The maximum Gasteiger partial charge on any atom is 0.257 e. The highest BCUT2D eigenvalue weighted by Crippen LogP contribution is 2.41. The van der Waals surface area contributed by atoms with Gasteiger partial charge < -0.3 is 15.8 Å². The van der Waals surface area contributed by atoms with E-state index in [2.05, 4.69) is 16.8 Å². The largest absolute Gasteiger partial charge is 0.375 e. The molecule has 1 aliphatic carbocycles. The van der Waals surface area contributed by atoms with Crippen LogP contribution in [-0.2, 0) is 10.4 Å². The van der Waals surface area contributed by atoms with Crippen LogP contribution in [0.4, 0.5) is 0 Å². The fraction of sp³-hybridized carbons (Fsp3) is 0.500. The first kappa shape index (κ1) is 22.7. The van der Waals surface area contributed by atoms with Gasteiger partial charge in [-0.2, -0.15) is 0 Å². The third-order valence-electron chi connectivity index (χ3n) is 6.33. The van der Waals surface area contributed by atoms with Crippen LogP contribution in [0.1, 0.15) is 44.1 Å². The SMILES string of the molecule is C=C/C(Cl)=C\C(=N)CN1CCC(NC(=O)C(O)(c2ccccc2)C2CCCC2)CC1. The Morgan fingerprint density at radius 2 is 1.87 bits per heavy atom. The molecule has 1 amide bonds. The second-order valence-electron chi connectivity index (χ2n) is 8.40. The van der Waals surface area contributed by atoms with Crippen LogP contribution in [0, 0.1) is 11.3 Å². The zero-order valence-electron chi connectivity index (χ0n) is 17.4. The quantitative estimate of drug-likeness (QED) is 0.432. The second-order valence-corrected chi connectivity index (χ2v) is 8.83. The second kappa shape index (κ2) is 10.4. The number of aliphatic hydroxyl groups is 1. The van der Waals surface area contributed by atoms with Crippen LogP contribution in [0.25, 0.3) is 0 Å². The molecule has 1 heterocycles. The number of hydrogen-bond donors (Lipinski definition) is 3. The van der Waals surface area contributed by atoms with Crippen molar-refractivity contribution < 1.29 is 9.90 Å². The van der Waals surface area contributed by atoms with Gasteiger partial charge in [-0.1, -0.05) is 67.4 Å². The fourth-order valence-electron chi connectivity index (χ4n) is 4.63. The zero-order valence-corrected chi connectivity index (χ0v) is 18.2. The van der Waals surface area contributed by atoms with Crippen molar-refractivity contribution in [2.24, 2.45) is 5.92 Å². The molecule has 30 heavy (non-hydrogen) atoms. The fourth-order valence-corrected chi connectivity index (χ4v) is 4.76. The predicted octanol–water partition coefficient (Wildman–Crippen LogP) is 3.97. The number of piperidine rings is 1. The van der Waals surface area contributed by atoms with Gasteiger partial charge in [-0.25, -0.2) is 0 Å². The maximum absolute atomic E-state index is 13.3. The van der Waals surface area contributed by atoms with Gasteiger partial charge in [0.25, 0.3) is 5.91 Å². The number of rotatable bonds is 8. The van der Waals surface area contributed by atoms with Gasteiger partial charge in [-0.05, 0) is 37.3 Å². The van der Waals surface area contributed by atoms with Crippen molar-refractivity contribution in [3.05, 3.63) is 59.7 Å². The number of allylic oxidation sites excluding steroid dienone is 2. The minimum absolute atomic E-state index is 0.0341. The van der Waals surface area contributed by atoms with Crippen LogP contribution in [0.15, 0.2) is 54.1 Å². The lowest BCUT2D eigenvalue weighted by Crippen LogP contribution is -2.54. The first-order valence-corrected chi connectivity index (χ1v) is 11.2. The van der Waals surface area contributed by atoms with Gasteiger partial charge in [0.15, 0.2) is 5.60 Å². The molecule has 0 spiro atoms. The minimum atomic E-state index is -1.47. The number of hydrogen-bond acceptors (Lipinski definition) is 4. The van der Waals surface area contributed by atoms with Gasteiger partial charge in [0, 0.05) is 42.3 Å². The summed E-state index contributed by atoms with van der Waals surface area (Å²) in [7, 11) is 0. The van der Waals surface area contributed by atoms with E-state index in [0.29, 0.717) is 22.9 Å². The molecule has 2 aliphatic rings. The lowest BCUT2D eigenvalue weighted by atomic mass is 9.79. The number of carbonyl (C=O) groups excluding carboxylic acids is 1. The molecule has 1 aromatic carbocycles. The molecule has 6 heteroatoms. The summed E-state index contributed by atoms with van der Waals surface area (Å²) in [5.74, 6) is -0.311. The summed E-state index contributed by atoms with van der Waals surface area (Å²) in [6, 6.07) is 9.40. The van der Waals surface area contributed by atoms with E-state index in [1.165, 1.54) is 6.08 Å². The summed E-state index contributed by atoms with van der Waals surface area (Å²) in [6.45, 7) is 5.71. The molecule has 1 aliphatic heterocycles. The molecule has 162 valence electrons. The van der Waals surface area contributed by atoms with Crippen molar-refractivity contribution in [1.29, 1.82) is 5.41 Å². The maximum atomic E-state index is 13.3. The highest BCUT2D eigenvalue weighted by molar-refractivity contribution is 6.32.